The monoisotopic (exact) mass is 255 g/mol. The molecule has 0 amide bonds. The molecule has 2 aromatic rings. The second-order valence-electron chi connectivity index (χ2n) is 4.07. The van der Waals surface area contributed by atoms with E-state index in [1.54, 1.807) is 0 Å². The van der Waals surface area contributed by atoms with Crippen molar-refractivity contribution in [2.24, 2.45) is 0 Å². The molecule has 0 unspecified atom stereocenters. The molecular formula is C14H13N3O2. The van der Waals surface area contributed by atoms with E-state index in [1.165, 1.54) is 6.08 Å². The Kier molecular flexibility index (Phi) is 3.29. The highest BCUT2D eigenvalue weighted by Crippen LogP contribution is 2.22. The SMILES string of the molecule is C=Cc1c(N)nc(-c2ccc(C)cc2)nc1C(=O)O. The van der Waals surface area contributed by atoms with Gasteiger partial charge in [0.25, 0.3) is 0 Å². The topological polar surface area (TPSA) is 89.1 Å². The van der Waals surface area contributed by atoms with Gasteiger partial charge in [-0.3, -0.25) is 0 Å². The molecule has 0 radical (unpaired) electrons. The molecule has 5 heteroatoms. The molecule has 3 N–H and O–H groups in total. The lowest BCUT2D eigenvalue weighted by Crippen LogP contribution is -2.09. The molecule has 0 saturated heterocycles. The zero-order chi connectivity index (χ0) is 14.0. The number of carboxylic acids is 1. The number of aromatic carboxylic acids is 1. The molecule has 0 atom stereocenters. The third kappa shape index (κ3) is 2.44. The molecule has 0 aliphatic rings. The van der Waals surface area contributed by atoms with Gasteiger partial charge in [0.2, 0.25) is 0 Å². The number of nitrogens with two attached hydrogens (primary N) is 1. The van der Waals surface area contributed by atoms with Gasteiger partial charge in [-0.05, 0) is 6.92 Å². The number of aryl methyl sites for hydroxylation is 1. The second kappa shape index (κ2) is 4.89. The Morgan fingerprint density at radius 3 is 2.47 bits per heavy atom. The van der Waals surface area contributed by atoms with Crippen molar-refractivity contribution in [3.63, 3.8) is 0 Å². The van der Waals surface area contributed by atoms with Gasteiger partial charge >= 0.3 is 5.97 Å². The maximum absolute atomic E-state index is 11.2. The Bertz CT molecular complexity index is 648. The number of nitrogen functional groups attached to an aromatic ring is 1. The zero-order valence-electron chi connectivity index (χ0n) is 10.4. The molecule has 2 rings (SSSR count). The summed E-state index contributed by atoms with van der Waals surface area (Å²) in [4.78, 5) is 19.3. The van der Waals surface area contributed by atoms with E-state index in [0.29, 0.717) is 5.82 Å². The van der Waals surface area contributed by atoms with E-state index in [4.69, 9.17) is 10.8 Å². The number of nitrogens with zero attached hydrogens (tertiary/aromatic N) is 2. The molecule has 0 saturated carbocycles. The van der Waals surface area contributed by atoms with Gasteiger partial charge in [-0.1, -0.05) is 42.5 Å². The molecular weight excluding hydrogens is 242 g/mol. The van der Waals surface area contributed by atoms with E-state index in [0.717, 1.165) is 11.1 Å². The molecule has 1 heterocycles. The van der Waals surface area contributed by atoms with Crippen LogP contribution in [0.25, 0.3) is 17.5 Å². The molecule has 0 aliphatic carbocycles. The summed E-state index contributed by atoms with van der Waals surface area (Å²) >= 11 is 0. The molecule has 96 valence electrons. The van der Waals surface area contributed by atoms with Gasteiger partial charge in [0.05, 0.1) is 0 Å². The van der Waals surface area contributed by atoms with Crippen molar-refractivity contribution >= 4 is 17.9 Å². The maximum atomic E-state index is 11.2. The highest BCUT2D eigenvalue weighted by Gasteiger charge is 2.16. The third-order valence-electron chi connectivity index (χ3n) is 2.69. The number of anilines is 1. The van der Waals surface area contributed by atoms with Crippen LogP contribution >= 0.6 is 0 Å². The van der Waals surface area contributed by atoms with E-state index < -0.39 is 5.97 Å². The van der Waals surface area contributed by atoms with Gasteiger partial charge in [0.15, 0.2) is 11.5 Å². The van der Waals surface area contributed by atoms with Gasteiger partial charge in [-0.15, -0.1) is 0 Å². The molecule has 0 bridgehead atoms. The lowest BCUT2D eigenvalue weighted by molar-refractivity contribution is 0.0690. The minimum Gasteiger partial charge on any atom is -0.476 e. The van der Waals surface area contributed by atoms with Crippen LogP contribution < -0.4 is 5.73 Å². The predicted molar refractivity (Wildman–Crippen MR) is 73.7 cm³/mol. The van der Waals surface area contributed by atoms with E-state index in [2.05, 4.69) is 16.5 Å². The summed E-state index contributed by atoms with van der Waals surface area (Å²) in [5.74, 6) is -0.754. The maximum Gasteiger partial charge on any atom is 0.355 e. The van der Waals surface area contributed by atoms with Crippen molar-refractivity contribution in [3.8, 4) is 11.4 Å². The molecule has 0 spiro atoms. The van der Waals surface area contributed by atoms with Crippen LogP contribution in [0.1, 0.15) is 21.6 Å². The van der Waals surface area contributed by atoms with Crippen LogP contribution in [0, 0.1) is 6.92 Å². The molecule has 19 heavy (non-hydrogen) atoms. The van der Waals surface area contributed by atoms with E-state index in [-0.39, 0.29) is 17.1 Å². The summed E-state index contributed by atoms with van der Waals surface area (Å²) in [6, 6.07) is 7.44. The van der Waals surface area contributed by atoms with E-state index in [9.17, 15) is 4.79 Å². The van der Waals surface area contributed by atoms with Crippen LogP contribution in [-0.2, 0) is 0 Å². The fourth-order valence-electron chi connectivity index (χ4n) is 1.68. The summed E-state index contributed by atoms with van der Waals surface area (Å²) in [6.45, 7) is 5.49. The zero-order valence-corrected chi connectivity index (χ0v) is 10.4. The van der Waals surface area contributed by atoms with Crippen LogP contribution in [0.15, 0.2) is 30.8 Å². The fourth-order valence-corrected chi connectivity index (χ4v) is 1.68. The van der Waals surface area contributed by atoms with Gasteiger partial charge in [-0.2, -0.15) is 0 Å². The standard InChI is InChI=1S/C14H13N3O2/c1-3-10-11(14(18)19)16-13(17-12(10)15)9-6-4-8(2)5-7-9/h3-7H,1H2,2H3,(H,18,19)(H2,15,16,17). The lowest BCUT2D eigenvalue weighted by atomic mass is 10.1. The average molecular weight is 255 g/mol. The summed E-state index contributed by atoms with van der Waals surface area (Å²) in [6.07, 6.45) is 1.34. The van der Waals surface area contributed by atoms with Gasteiger partial charge in [0.1, 0.15) is 5.82 Å². The molecule has 0 fully saturated rings. The minimum atomic E-state index is -1.16. The Hall–Kier alpha value is -2.69. The number of rotatable bonds is 3. The van der Waals surface area contributed by atoms with Crippen molar-refractivity contribution in [1.29, 1.82) is 0 Å². The van der Waals surface area contributed by atoms with Crippen molar-refractivity contribution in [1.82, 2.24) is 9.97 Å². The number of carbonyl (C=O) groups is 1. The number of hydrogen-bond acceptors (Lipinski definition) is 4. The van der Waals surface area contributed by atoms with E-state index >= 15 is 0 Å². The Labute approximate surface area is 110 Å². The average Bonchev–Trinajstić information content (AvgIpc) is 2.38. The van der Waals surface area contributed by atoms with Gasteiger partial charge in [-0.25, -0.2) is 14.8 Å². The Morgan fingerprint density at radius 1 is 1.32 bits per heavy atom. The van der Waals surface area contributed by atoms with Crippen LogP contribution in [0.2, 0.25) is 0 Å². The minimum absolute atomic E-state index is 0.109. The van der Waals surface area contributed by atoms with Crippen LogP contribution in [0.3, 0.4) is 0 Å². The number of hydrogen-bond donors (Lipinski definition) is 2. The van der Waals surface area contributed by atoms with Gasteiger partial charge < -0.3 is 10.8 Å². The van der Waals surface area contributed by atoms with Crippen molar-refractivity contribution in [2.45, 2.75) is 6.92 Å². The largest absolute Gasteiger partial charge is 0.476 e. The molecule has 0 aliphatic heterocycles. The van der Waals surface area contributed by atoms with Crippen molar-refractivity contribution in [2.75, 3.05) is 5.73 Å². The molecule has 5 nitrogen and oxygen atoms in total. The lowest BCUT2D eigenvalue weighted by Gasteiger charge is -2.07. The highest BCUT2D eigenvalue weighted by molar-refractivity contribution is 5.92. The number of aromatic nitrogens is 2. The van der Waals surface area contributed by atoms with Gasteiger partial charge in [0, 0.05) is 11.1 Å². The molecule has 1 aromatic heterocycles. The first-order valence-electron chi connectivity index (χ1n) is 5.63. The normalized spacial score (nSPS) is 10.2. The van der Waals surface area contributed by atoms with Crippen molar-refractivity contribution < 1.29 is 9.90 Å². The van der Waals surface area contributed by atoms with Crippen LogP contribution in [0.5, 0.6) is 0 Å². The van der Waals surface area contributed by atoms with Crippen molar-refractivity contribution in [3.05, 3.63) is 47.7 Å². The second-order valence-corrected chi connectivity index (χ2v) is 4.07. The summed E-state index contributed by atoms with van der Waals surface area (Å²) < 4.78 is 0. The Balaban J connectivity index is 2.63. The van der Waals surface area contributed by atoms with E-state index in [1.807, 2.05) is 31.2 Å². The quantitative estimate of drug-likeness (QED) is 0.878. The van der Waals surface area contributed by atoms with Crippen LogP contribution in [-0.4, -0.2) is 21.0 Å². The predicted octanol–water partition coefficient (Wildman–Crippen LogP) is 2.38. The first kappa shape index (κ1) is 12.8. The molecule has 1 aromatic carbocycles. The summed E-state index contributed by atoms with van der Waals surface area (Å²) in [5.41, 5.74) is 7.66. The summed E-state index contributed by atoms with van der Waals surface area (Å²) in [7, 11) is 0. The first-order valence-corrected chi connectivity index (χ1v) is 5.63. The smallest absolute Gasteiger partial charge is 0.355 e. The summed E-state index contributed by atoms with van der Waals surface area (Å²) in [5, 5.41) is 9.14. The number of benzene rings is 1. The number of carboxylic acid groups (broad SMARTS) is 1. The fraction of sp³-hybridized carbons (Fsp3) is 0.0714. The highest BCUT2D eigenvalue weighted by atomic mass is 16.4. The first-order chi connectivity index (χ1) is 9.02. The third-order valence-corrected chi connectivity index (χ3v) is 2.69. The Morgan fingerprint density at radius 2 is 1.95 bits per heavy atom. The van der Waals surface area contributed by atoms with Crippen LogP contribution in [0.4, 0.5) is 5.82 Å².